The van der Waals surface area contributed by atoms with Gasteiger partial charge in [-0.25, -0.2) is 4.98 Å². The summed E-state index contributed by atoms with van der Waals surface area (Å²) in [6.07, 6.45) is 0. The van der Waals surface area contributed by atoms with E-state index in [1.54, 1.807) is 38.1 Å². The maximum atomic E-state index is 12.1. The summed E-state index contributed by atoms with van der Waals surface area (Å²) in [5.41, 5.74) is 0.776. The summed E-state index contributed by atoms with van der Waals surface area (Å²) in [6, 6.07) is 6.98. The van der Waals surface area contributed by atoms with E-state index >= 15 is 0 Å². The fourth-order valence-electron chi connectivity index (χ4n) is 2.04. The number of carbonyl (C=O) groups excluding carboxylic acids is 2. The molecule has 0 saturated carbocycles. The van der Waals surface area contributed by atoms with Gasteiger partial charge in [0.05, 0.1) is 21.2 Å². The van der Waals surface area contributed by atoms with Gasteiger partial charge >= 0.3 is 0 Å². The van der Waals surface area contributed by atoms with Crippen molar-refractivity contribution in [3.8, 4) is 0 Å². The van der Waals surface area contributed by atoms with Crippen LogP contribution in [0.5, 0.6) is 0 Å². The standard InChI is InChI=1S/C16H15ClN4O3S2/c1-8-5-13(21-24-8)19-15(23)9(2)25-7-14(22)20-16-18-11-4-3-10(17)6-12(11)26-16/h3-6,9H,7H2,1-2H3,(H,18,20,22)(H,19,21,23). The van der Waals surface area contributed by atoms with Gasteiger partial charge in [0.1, 0.15) is 5.76 Å². The zero-order valence-corrected chi connectivity index (χ0v) is 16.3. The van der Waals surface area contributed by atoms with Gasteiger partial charge < -0.3 is 15.2 Å². The lowest BCUT2D eigenvalue weighted by molar-refractivity contribution is -0.115. The second-order valence-electron chi connectivity index (χ2n) is 5.44. The molecule has 0 radical (unpaired) electrons. The highest BCUT2D eigenvalue weighted by Gasteiger charge is 2.17. The smallest absolute Gasteiger partial charge is 0.238 e. The maximum absolute atomic E-state index is 12.1. The average Bonchev–Trinajstić information content (AvgIpc) is 3.17. The van der Waals surface area contributed by atoms with Crippen LogP contribution in [0.2, 0.25) is 5.02 Å². The quantitative estimate of drug-likeness (QED) is 0.638. The Morgan fingerprint density at radius 1 is 1.35 bits per heavy atom. The molecule has 0 saturated heterocycles. The number of thioether (sulfide) groups is 1. The Morgan fingerprint density at radius 2 is 2.15 bits per heavy atom. The molecule has 10 heteroatoms. The molecule has 136 valence electrons. The Labute approximate surface area is 162 Å². The number of halogens is 1. The topological polar surface area (TPSA) is 97.1 Å². The number of nitrogens with one attached hydrogen (secondary N) is 2. The van der Waals surface area contributed by atoms with Crippen LogP contribution in [0.1, 0.15) is 12.7 Å². The Balaban J connectivity index is 1.50. The lowest BCUT2D eigenvalue weighted by Crippen LogP contribution is -2.25. The summed E-state index contributed by atoms with van der Waals surface area (Å²) in [7, 11) is 0. The first-order valence-electron chi connectivity index (χ1n) is 7.62. The number of amides is 2. The zero-order chi connectivity index (χ0) is 18.7. The monoisotopic (exact) mass is 410 g/mol. The van der Waals surface area contributed by atoms with Crippen molar-refractivity contribution in [3.05, 3.63) is 35.0 Å². The molecule has 1 atom stereocenters. The number of aromatic nitrogens is 2. The summed E-state index contributed by atoms with van der Waals surface area (Å²) in [6.45, 7) is 3.46. The normalized spacial score (nSPS) is 12.1. The van der Waals surface area contributed by atoms with Crippen molar-refractivity contribution in [1.82, 2.24) is 10.1 Å². The number of hydrogen-bond donors (Lipinski definition) is 2. The van der Waals surface area contributed by atoms with E-state index < -0.39 is 5.25 Å². The fourth-order valence-corrected chi connectivity index (χ4v) is 3.88. The van der Waals surface area contributed by atoms with Crippen molar-refractivity contribution in [2.24, 2.45) is 0 Å². The van der Waals surface area contributed by atoms with Crippen LogP contribution in [0.3, 0.4) is 0 Å². The summed E-state index contributed by atoms with van der Waals surface area (Å²) in [5.74, 6) is 0.626. The molecule has 2 N–H and O–H groups in total. The van der Waals surface area contributed by atoms with E-state index in [2.05, 4.69) is 20.8 Å². The first kappa shape index (κ1) is 18.7. The molecule has 0 spiro atoms. The van der Waals surface area contributed by atoms with Crippen molar-refractivity contribution < 1.29 is 14.1 Å². The van der Waals surface area contributed by atoms with Gasteiger partial charge in [-0.15, -0.1) is 11.8 Å². The predicted octanol–water partition coefficient (Wildman–Crippen LogP) is 3.95. The van der Waals surface area contributed by atoms with Crippen molar-refractivity contribution >= 4 is 67.7 Å². The van der Waals surface area contributed by atoms with Crippen molar-refractivity contribution in [1.29, 1.82) is 0 Å². The number of hydrogen-bond acceptors (Lipinski definition) is 7. The SMILES string of the molecule is Cc1cc(NC(=O)C(C)SCC(=O)Nc2nc3ccc(Cl)cc3s2)no1. The third-order valence-electron chi connectivity index (χ3n) is 3.31. The number of fused-ring (bicyclic) bond motifs is 1. The van der Waals surface area contributed by atoms with Crippen LogP contribution in [0.25, 0.3) is 10.2 Å². The van der Waals surface area contributed by atoms with E-state index in [0.29, 0.717) is 21.7 Å². The number of anilines is 2. The van der Waals surface area contributed by atoms with Gasteiger partial charge in [0.15, 0.2) is 10.9 Å². The van der Waals surface area contributed by atoms with E-state index in [0.717, 1.165) is 10.2 Å². The number of aryl methyl sites for hydroxylation is 1. The highest BCUT2D eigenvalue weighted by atomic mass is 35.5. The third kappa shape index (κ3) is 4.75. The van der Waals surface area contributed by atoms with Crippen molar-refractivity contribution in [2.45, 2.75) is 19.1 Å². The molecule has 3 aromatic rings. The number of nitrogens with zero attached hydrogens (tertiary/aromatic N) is 2. The second kappa shape index (κ2) is 8.07. The van der Waals surface area contributed by atoms with Gasteiger partial charge in [-0.1, -0.05) is 28.1 Å². The molecule has 3 rings (SSSR count). The van der Waals surface area contributed by atoms with Crippen LogP contribution in [0.15, 0.2) is 28.8 Å². The highest BCUT2D eigenvalue weighted by molar-refractivity contribution is 8.01. The van der Waals surface area contributed by atoms with Crippen LogP contribution in [0.4, 0.5) is 10.9 Å². The molecule has 2 heterocycles. The largest absolute Gasteiger partial charge is 0.360 e. The molecular weight excluding hydrogens is 396 g/mol. The highest BCUT2D eigenvalue weighted by Crippen LogP contribution is 2.28. The lowest BCUT2D eigenvalue weighted by Gasteiger charge is -2.09. The summed E-state index contributed by atoms with van der Waals surface area (Å²) < 4.78 is 5.79. The first-order valence-corrected chi connectivity index (χ1v) is 9.87. The van der Waals surface area contributed by atoms with Gasteiger partial charge in [-0.05, 0) is 32.0 Å². The van der Waals surface area contributed by atoms with Gasteiger partial charge in [0, 0.05) is 11.1 Å². The van der Waals surface area contributed by atoms with E-state index in [1.165, 1.54) is 23.1 Å². The summed E-state index contributed by atoms with van der Waals surface area (Å²) >= 11 is 8.52. The minimum absolute atomic E-state index is 0.128. The predicted molar refractivity (Wildman–Crippen MR) is 105 cm³/mol. The van der Waals surface area contributed by atoms with Crippen LogP contribution in [-0.2, 0) is 9.59 Å². The fraction of sp³-hybridized carbons (Fsp3) is 0.250. The third-order valence-corrected chi connectivity index (χ3v) is 5.62. The molecule has 0 aliphatic heterocycles. The molecule has 0 aliphatic carbocycles. The molecule has 2 aromatic heterocycles. The van der Waals surface area contributed by atoms with Gasteiger partial charge in [-0.3, -0.25) is 9.59 Å². The Bertz CT molecular complexity index is 956. The van der Waals surface area contributed by atoms with E-state index in [4.69, 9.17) is 16.1 Å². The average molecular weight is 411 g/mol. The Morgan fingerprint density at radius 3 is 2.88 bits per heavy atom. The van der Waals surface area contributed by atoms with E-state index in [-0.39, 0.29) is 17.6 Å². The van der Waals surface area contributed by atoms with Crippen LogP contribution < -0.4 is 10.6 Å². The molecule has 7 nitrogen and oxygen atoms in total. The molecule has 26 heavy (non-hydrogen) atoms. The number of benzene rings is 1. The van der Waals surface area contributed by atoms with Gasteiger partial charge in [0.25, 0.3) is 0 Å². The Hall–Kier alpha value is -2.10. The molecule has 1 unspecified atom stereocenters. The van der Waals surface area contributed by atoms with Gasteiger partial charge in [-0.2, -0.15) is 0 Å². The van der Waals surface area contributed by atoms with E-state index in [9.17, 15) is 9.59 Å². The van der Waals surface area contributed by atoms with Crippen LogP contribution in [-0.4, -0.2) is 33.0 Å². The lowest BCUT2D eigenvalue weighted by atomic mass is 10.3. The number of carbonyl (C=O) groups is 2. The molecule has 0 bridgehead atoms. The van der Waals surface area contributed by atoms with Crippen molar-refractivity contribution in [2.75, 3.05) is 16.4 Å². The molecule has 1 aromatic carbocycles. The van der Waals surface area contributed by atoms with Crippen LogP contribution in [0, 0.1) is 6.92 Å². The minimum atomic E-state index is -0.424. The van der Waals surface area contributed by atoms with Gasteiger partial charge in [0.2, 0.25) is 11.8 Å². The molecule has 2 amide bonds. The van der Waals surface area contributed by atoms with Crippen LogP contribution >= 0.6 is 34.7 Å². The number of rotatable bonds is 6. The first-order chi connectivity index (χ1) is 12.4. The molecule has 0 fully saturated rings. The molecule has 0 aliphatic rings. The maximum Gasteiger partial charge on any atom is 0.238 e. The summed E-state index contributed by atoms with van der Waals surface area (Å²) in [5, 5.41) is 9.79. The summed E-state index contributed by atoms with van der Waals surface area (Å²) in [4.78, 5) is 28.5. The Kier molecular flexibility index (Phi) is 5.80. The minimum Gasteiger partial charge on any atom is -0.360 e. The van der Waals surface area contributed by atoms with E-state index in [1.807, 2.05) is 0 Å². The zero-order valence-electron chi connectivity index (χ0n) is 13.9. The second-order valence-corrected chi connectivity index (χ2v) is 8.24. The van der Waals surface area contributed by atoms with Crippen molar-refractivity contribution in [3.63, 3.8) is 0 Å². The number of thiazole rings is 1. The molecular formula is C16H15ClN4O3S2.